The summed E-state index contributed by atoms with van der Waals surface area (Å²) >= 11 is 0. The minimum Gasteiger partial charge on any atom is -0.497 e. The molecule has 0 fully saturated rings. The minimum atomic E-state index is -0.836. The number of hydrogen-bond acceptors (Lipinski definition) is 8. The van der Waals surface area contributed by atoms with E-state index in [1.807, 2.05) is 72.8 Å². The van der Waals surface area contributed by atoms with E-state index in [4.69, 9.17) is 18.9 Å². The number of anilines is 6. The Morgan fingerprint density at radius 3 is 1.00 bits per heavy atom. The summed E-state index contributed by atoms with van der Waals surface area (Å²) in [6.45, 7) is 5.66. The van der Waals surface area contributed by atoms with Crippen molar-refractivity contribution in [2.24, 2.45) is 0 Å². The third-order valence-electron chi connectivity index (χ3n) is 13.0. The minimum absolute atomic E-state index is 0.319. The van der Waals surface area contributed by atoms with Gasteiger partial charge >= 0.3 is 12.1 Å². The Bertz CT molecular complexity index is 3320. The van der Waals surface area contributed by atoms with Gasteiger partial charge < -0.3 is 28.7 Å². The second kappa shape index (κ2) is 23.2. The molecule has 366 valence electrons. The highest BCUT2D eigenvalue weighted by Gasteiger charge is 2.27. The molecular weight excluding hydrogens is 917 g/mol. The lowest BCUT2D eigenvalue weighted by Gasteiger charge is -2.30. The number of nitrogens with zero attached hydrogens (tertiary/aromatic N) is 2. The summed E-state index contributed by atoms with van der Waals surface area (Å²) in [5, 5.41) is 0. The molecule has 8 heteroatoms. The van der Waals surface area contributed by atoms with Crippen molar-refractivity contribution in [1.82, 2.24) is 0 Å². The molecule has 0 saturated heterocycles. The van der Waals surface area contributed by atoms with E-state index in [1.54, 1.807) is 43.5 Å². The van der Waals surface area contributed by atoms with Gasteiger partial charge in [-0.05, 0) is 161 Å². The first-order chi connectivity index (χ1) is 36.1. The molecule has 1 atom stereocenters. The maximum Gasteiger partial charge on any atom is 0.519 e. The van der Waals surface area contributed by atoms with Crippen molar-refractivity contribution in [3.63, 3.8) is 0 Å². The molecule has 0 N–H and O–H groups in total. The summed E-state index contributed by atoms with van der Waals surface area (Å²) in [7, 11) is 1.68. The first kappa shape index (κ1) is 49.6. The van der Waals surface area contributed by atoms with Crippen molar-refractivity contribution >= 4 is 70.6 Å². The zero-order valence-corrected chi connectivity index (χ0v) is 41.8. The Kier molecular flexibility index (Phi) is 15.6. The summed E-state index contributed by atoms with van der Waals surface area (Å²) in [6.07, 6.45) is 8.49. The monoisotopic (exact) mass is 972 g/mol. The summed E-state index contributed by atoms with van der Waals surface area (Å²) in [4.78, 5) is 28.7. The first-order valence-corrected chi connectivity index (χ1v) is 24.5. The maximum absolute atomic E-state index is 13.0. The zero-order valence-electron chi connectivity index (χ0n) is 41.8. The molecule has 74 heavy (non-hydrogen) atoms. The fourth-order valence-corrected chi connectivity index (χ4v) is 8.75. The number of methoxy groups -OCH3 is 1. The van der Waals surface area contributed by atoms with Crippen molar-refractivity contribution in [2.75, 3.05) is 16.9 Å². The van der Waals surface area contributed by atoms with E-state index in [0.717, 1.165) is 79.7 Å². The highest BCUT2D eigenvalue weighted by Crippen LogP contribution is 2.39. The van der Waals surface area contributed by atoms with Crippen molar-refractivity contribution in [3.05, 3.63) is 264 Å². The molecule has 0 heterocycles. The third-order valence-corrected chi connectivity index (χ3v) is 13.0. The predicted octanol–water partition coefficient (Wildman–Crippen LogP) is 17.2. The number of carbonyl (C=O) groups is 2. The number of hydrogen-bond donors (Lipinski definition) is 0. The number of benzene rings is 9. The summed E-state index contributed by atoms with van der Waals surface area (Å²) in [5.74, 6) is 1.68. The molecular formula is C66H56N2O6. The second-order valence-corrected chi connectivity index (χ2v) is 17.8. The molecule has 0 radical (unpaired) electrons. The Morgan fingerprint density at radius 2 is 0.676 bits per heavy atom. The Morgan fingerprint density at radius 1 is 0.392 bits per heavy atom. The third kappa shape index (κ3) is 12.2. The van der Waals surface area contributed by atoms with Crippen LogP contribution in [0.3, 0.4) is 0 Å². The Hall–Kier alpha value is -9.40. The number of esters is 1. The molecule has 9 rings (SSSR count). The van der Waals surface area contributed by atoms with Crippen molar-refractivity contribution < 1.29 is 28.5 Å². The van der Waals surface area contributed by atoms with Crippen molar-refractivity contribution in [1.29, 1.82) is 0 Å². The van der Waals surface area contributed by atoms with Gasteiger partial charge in [0.05, 0.1) is 7.11 Å². The lowest BCUT2D eigenvalue weighted by atomic mass is 9.74. The maximum atomic E-state index is 13.0. The van der Waals surface area contributed by atoms with E-state index in [2.05, 4.69) is 169 Å². The summed E-state index contributed by atoms with van der Waals surface area (Å²) < 4.78 is 21.8. The lowest BCUT2D eigenvalue weighted by molar-refractivity contribution is -0.131. The molecule has 0 saturated carbocycles. The van der Waals surface area contributed by atoms with Crippen LogP contribution < -0.4 is 28.7 Å². The van der Waals surface area contributed by atoms with E-state index in [0.29, 0.717) is 17.2 Å². The zero-order chi connectivity index (χ0) is 51.3. The average molecular weight is 973 g/mol. The van der Waals surface area contributed by atoms with Gasteiger partial charge in [0.25, 0.3) is 0 Å². The van der Waals surface area contributed by atoms with Gasteiger partial charge in [-0.3, -0.25) is 4.79 Å². The topological polar surface area (TPSA) is 77.5 Å². The number of carbonyl (C=O) groups excluding carboxylic acids is 2. The number of ether oxygens (including phenoxy) is 4. The van der Waals surface area contributed by atoms with E-state index in [-0.39, 0.29) is 11.4 Å². The van der Waals surface area contributed by atoms with Crippen LogP contribution in [-0.4, -0.2) is 19.2 Å². The molecule has 8 nitrogen and oxygen atoms in total. The molecule has 0 bridgehead atoms. The highest BCUT2D eigenvalue weighted by molar-refractivity contribution is 5.81. The summed E-state index contributed by atoms with van der Waals surface area (Å²) in [5.41, 5.74) is 12.2. The standard InChI is InChI=1S/C66H56N2O6/c1-5-66(3,53-28-40-62(41-29-53)72-48(2)69)54-30-42-63(43-31-54)73-65(70)74-64-46-38-60(39-47-64)68(56-14-10-7-11-15-56)58-34-26-52(27-35-58)23-21-50-18-16-49(17-19-50)20-22-51-24-32-57(33-25-51)67(55-12-8-6-9-13-55)59-36-44-61(71-4)45-37-59/h6-47H,5H2,1-4H3. The fourth-order valence-electron chi connectivity index (χ4n) is 8.75. The molecule has 0 amide bonds. The van der Waals surface area contributed by atoms with Crippen LogP contribution in [-0.2, 0) is 10.2 Å². The van der Waals surface area contributed by atoms with E-state index in [1.165, 1.54) is 6.92 Å². The predicted molar refractivity (Wildman–Crippen MR) is 301 cm³/mol. The fraction of sp³-hybridized carbons (Fsp3) is 0.0909. The van der Waals surface area contributed by atoms with Crippen LogP contribution in [0.5, 0.6) is 23.0 Å². The SMILES string of the molecule is CCC(C)(c1ccc(OC(C)=O)cc1)c1ccc(OC(=O)Oc2ccc(N(c3ccccc3)c3ccc(C=Cc4ccc(C=Cc5ccc(N(c6ccccc6)c6ccc(OC)cc6)cc5)cc4)cc3)cc2)cc1. The van der Waals surface area contributed by atoms with Gasteiger partial charge in [-0.15, -0.1) is 0 Å². The van der Waals surface area contributed by atoms with Gasteiger partial charge in [-0.1, -0.05) is 147 Å². The molecule has 0 aromatic heterocycles. The van der Waals surface area contributed by atoms with Crippen LogP contribution in [0.2, 0.25) is 0 Å². The van der Waals surface area contributed by atoms with E-state index >= 15 is 0 Å². The molecule has 0 aliphatic carbocycles. The highest BCUT2D eigenvalue weighted by atomic mass is 16.7. The van der Waals surface area contributed by atoms with Gasteiger partial charge in [0.15, 0.2) is 0 Å². The van der Waals surface area contributed by atoms with Gasteiger partial charge in [-0.25, -0.2) is 4.79 Å². The molecule has 0 spiro atoms. The quantitative estimate of drug-likeness (QED) is 0.0387. The van der Waals surface area contributed by atoms with Crippen molar-refractivity contribution in [3.8, 4) is 23.0 Å². The van der Waals surface area contributed by atoms with Gasteiger partial charge in [0.1, 0.15) is 23.0 Å². The van der Waals surface area contributed by atoms with E-state index in [9.17, 15) is 9.59 Å². The molecule has 9 aromatic carbocycles. The molecule has 0 aliphatic heterocycles. The van der Waals surface area contributed by atoms with E-state index < -0.39 is 6.16 Å². The lowest BCUT2D eigenvalue weighted by Crippen LogP contribution is -2.22. The molecule has 9 aromatic rings. The van der Waals surface area contributed by atoms with Crippen molar-refractivity contribution in [2.45, 2.75) is 32.6 Å². The van der Waals surface area contributed by atoms with Gasteiger partial charge in [-0.2, -0.15) is 0 Å². The van der Waals surface area contributed by atoms with Crippen LogP contribution in [0.1, 0.15) is 60.6 Å². The molecule has 0 aliphatic rings. The van der Waals surface area contributed by atoms with Crippen LogP contribution in [0, 0.1) is 0 Å². The van der Waals surface area contributed by atoms with Crippen LogP contribution in [0.25, 0.3) is 24.3 Å². The largest absolute Gasteiger partial charge is 0.519 e. The van der Waals surface area contributed by atoms with Gasteiger partial charge in [0.2, 0.25) is 0 Å². The normalized spacial score (nSPS) is 11.9. The Labute approximate surface area is 433 Å². The Balaban J connectivity index is 0.809. The molecule has 1 unspecified atom stereocenters. The van der Waals surface area contributed by atoms with Crippen LogP contribution >= 0.6 is 0 Å². The second-order valence-electron chi connectivity index (χ2n) is 17.8. The summed E-state index contributed by atoms with van der Waals surface area (Å²) in [6, 6.07) is 76.4. The average Bonchev–Trinajstić information content (AvgIpc) is 3.44. The first-order valence-electron chi connectivity index (χ1n) is 24.5. The van der Waals surface area contributed by atoms with Crippen LogP contribution in [0.4, 0.5) is 38.9 Å². The number of para-hydroxylation sites is 2. The van der Waals surface area contributed by atoms with Crippen LogP contribution in [0.15, 0.2) is 231 Å². The smallest absolute Gasteiger partial charge is 0.497 e. The number of rotatable bonds is 17. The van der Waals surface area contributed by atoms with Gasteiger partial charge in [0, 0.05) is 46.5 Å².